The van der Waals surface area contributed by atoms with Gasteiger partial charge in [0.2, 0.25) is 5.91 Å². The van der Waals surface area contributed by atoms with E-state index in [1.54, 1.807) is 0 Å². The summed E-state index contributed by atoms with van der Waals surface area (Å²) in [6.45, 7) is 0.545. The van der Waals surface area contributed by atoms with Crippen molar-refractivity contribution in [3.8, 4) is 5.75 Å². The summed E-state index contributed by atoms with van der Waals surface area (Å²) in [5.41, 5.74) is 0.485. The van der Waals surface area contributed by atoms with Crippen LogP contribution in [0, 0.1) is 11.6 Å². The minimum atomic E-state index is -1.03. The van der Waals surface area contributed by atoms with E-state index in [9.17, 15) is 18.4 Å². The molecule has 2 aromatic carbocycles. The normalized spacial score (nSPS) is 21.1. The van der Waals surface area contributed by atoms with Crippen LogP contribution in [0.4, 0.5) is 14.5 Å². The first-order chi connectivity index (χ1) is 13.0. The molecular formula is C20H18F2N2O3. The molecule has 27 heavy (non-hydrogen) atoms. The first-order valence-electron chi connectivity index (χ1n) is 8.70. The van der Waals surface area contributed by atoms with Crippen molar-refractivity contribution in [1.82, 2.24) is 4.90 Å². The van der Waals surface area contributed by atoms with Gasteiger partial charge in [-0.3, -0.25) is 9.59 Å². The monoisotopic (exact) mass is 372 g/mol. The van der Waals surface area contributed by atoms with Gasteiger partial charge >= 0.3 is 0 Å². The quantitative estimate of drug-likeness (QED) is 0.881. The van der Waals surface area contributed by atoms with Gasteiger partial charge < -0.3 is 15.0 Å². The molecule has 4 rings (SSSR count). The topological polar surface area (TPSA) is 58.6 Å². The van der Waals surface area contributed by atoms with Gasteiger partial charge in [0.15, 0.2) is 17.4 Å². The number of para-hydroxylation sites is 1. The van der Waals surface area contributed by atoms with Crippen LogP contribution in [0.25, 0.3) is 0 Å². The number of carbonyl (C=O) groups is 2. The standard InChI is InChI=1S/C20H18F2N2O3/c1-27-17-14(21)8-7-12(16(17)22)18(25)24-10-4-9-20(11-24)13-5-2-3-6-15(13)23-19(20)26/h2-3,5-8H,4,9-11H2,1H3,(H,23,26). The molecule has 2 aromatic rings. The Hall–Kier alpha value is -2.96. The molecule has 0 aliphatic carbocycles. The van der Waals surface area contributed by atoms with E-state index in [0.29, 0.717) is 19.4 Å². The van der Waals surface area contributed by atoms with Crippen molar-refractivity contribution in [3.05, 3.63) is 59.2 Å². The fourth-order valence-electron chi connectivity index (χ4n) is 4.06. The fraction of sp³-hybridized carbons (Fsp3) is 0.300. The third kappa shape index (κ3) is 2.57. The average molecular weight is 372 g/mol. The summed E-state index contributed by atoms with van der Waals surface area (Å²) < 4.78 is 32.9. The smallest absolute Gasteiger partial charge is 0.257 e. The Bertz CT molecular complexity index is 947. The van der Waals surface area contributed by atoms with E-state index in [4.69, 9.17) is 4.74 Å². The Kier molecular flexibility index (Phi) is 4.09. The summed E-state index contributed by atoms with van der Waals surface area (Å²) in [4.78, 5) is 27.1. The van der Waals surface area contributed by atoms with Crippen LogP contribution in [0.5, 0.6) is 5.75 Å². The van der Waals surface area contributed by atoms with Crippen molar-refractivity contribution in [2.45, 2.75) is 18.3 Å². The Balaban J connectivity index is 1.69. The van der Waals surface area contributed by atoms with Crippen LogP contribution in [0.1, 0.15) is 28.8 Å². The molecule has 0 saturated carbocycles. The Morgan fingerprint density at radius 3 is 2.78 bits per heavy atom. The molecule has 5 nitrogen and oxygen atoms in total. The first-order valence-corrected chi connectivity index (χ1v) is 8.70. The van der Waals surface area contributed by atoms with Crippen molar-refractivity contribution in [1.29, 1.82) is 0 Å². The van der Waals surface area contributed by atoms with Crippen molar-refractivity contribution in [2.24, 2.45) is 0 Å². The van der Waals surface area contributed by atoms with Gasteiger partial charge in [-0.25, -0.2) is 8.78 Å². The minimum Gasteiger partial charge on any atom is -0.491 e. The number of nitrogens with one attached hydrogen (secondary N) is 1. The number of hydrogen-bond acceptors (Lipinski definition) is 3. The van der Waals surface area contributed by atoms with Gasteiger partial charge in [0.1, 0.15) is 0 Å². The Morgan fingerprint density at radius 2 is 2.00 bits per heavy atom. The molecule has 1 N–H and O–H groups in total. The van der Waals surface area contributed by atoms with Gasteiger partial charge in [-0.1, -0.05) is 18.2 Å². The maximum Gasteiger partial charge on any atom is 0.257 e. The first kappa shape index (κ1) is 17.5. The maximum atomic E-state index is 14.5. The highest BCUT2D eigenvalue weighted by Gasteiger charge is 2.50. The highest BCUT2D eigenvalue weighted by molar-refractivity contribution is 6.07. The number of nitrogens with zero attached hydrogens (tertiary/aromatic N) is 1. The number of anilines is 1. The number of methoxy groups -OCH3 is 1. The number of halogens is 2. The molecule has 2 amide bonds. The van der Waals surface area contributed by atoms with E-state index in [-0.39, 0.29) is 18.0 Å². The number of ether oxygens (including phenoxy) is 1. The molecule has 2 aliphatic heterocycles. The SMILES string of the molecule is COc1c(F)ccc(C(=O)N2CCCC3(C2)C(=O)Nc2ccccc23)c1F. The van der Waals surface area contributed by atoms with Crippen LogP contribution in [0.3, 0.4) is 0 Å². The summed E-state index contributed by atoms with van der Waals surface area (Å²) in [5, 5.41) is 2.87. The molecule has 2 heterocycles. The van der Waals surface area contributed by atoms with Crippen molar-refractivity contribution < 1.29 is 23.1 Å². The highest BCUT2D eigenvalue weighted by Crippen LogP contribution is 2.44. The molecule has 2 aliphatic rings. The van der Waals surface area contributed by atoms with Gasteiger partial charge in [0.25, 0.3) is 5.91 Å². The van der Waals surface area contributed by atoms with Gasteiger partial charge in [0, 0.05) is 18.8 Å². The maximum absolute atomic E-state index is 14.5. The number of rotatable bonds is 2. The zero-order chi connectivity index (χ0) is 19.2. The van der Waals surface area contributed by atoms with E-state index in [1.807, 2.05) is 24.3 Å². The summed E-state index contributed by atoms with van der Waals surface area (Å²) in [7, 11) is 1.14. The zero-order valence-electron chi connectivity index (χ0n) is 14.7. The second kappa shape index (κ2) is 6.33. The molecule has 1 saturated heterocycles. The molecule has 0 radical (unpaired) electrons. The minimum absolute atomic E-state index is 0.147. The Morgan fingerprint density at radius 1 is 1.22 bits per heavy atom. The number of benzene rings is 2. The zero-order valence-corrected chi connectivity index (χ0v) is 14.7. The summed E-state index contributed by atoms with van der Waals surface area (Å²) in [6.07, 6.45) is 1.21. The molecule has 1 spiro atoms. The number of carbonyl (C=O) groups excluding carboxylic acids is 2. The fourth-order valence-corrected chi connectivity index (χ4v) is 4.06. The molecule has 1 fully saturated rings. The predicted octanol–water partition coefficient (Wildman–Crippen LogP) is 3.10. The Labute approximate surface area is 154 Å². The van der Waals surface area contributed by atoms with Gasteiger partial charge in [0.05, 0.1) is 18.1 Å². The lowest BCUT2D eigenvalue weighted by Gasteiger charge is -2.39. The third-order valence-electron chi connectivity index (χ3n) is 5.39. The predicted molar refractivity (Wildman–Crippen MR) is 94.8 cm³/mol. The van der Waals surface area contributed by atoms with Crippen molar-refractivity contribution in [3.63, 3.8) is 0 Å². The van der Waals surface area contributed by atoms with E-state index >= 15 is 0 Å². The van der Waals surface area contributed by atoms with Crippen molar-refractivity contribution >= 4 is 17.5 Å². The van der Waals surface area contributed by atoms with Crippen LogP contribution < -0.4 is 10.1 Å². The van der Waals surface area contributed by atoms with Gasteiger partial charge in [-0.15, -0.1) is 0 Å². The van der Waals surface area contributed by atoms with Crippen LogP contribution >= 0.6 is 0 Å². The number of hydrogen-bond donors (Lipinski definition) is 1. The average Bonchev–Trinajstić information content (AvgIpc) is 2.93. The summed E-state index contributed by atoms with van der Waals surface area (Å²) >= 11 is 0. The second-order valence-electron chi connectivity index (χ2n) is 6.85. The van der Waals surface area contributed by atoms with Crippen LogP contribution in [-0.2, 0) is 10.2 Å². The molecule has 140 valence electrons. The number of fused-ring (bicyclic) bond motifs is 2. The van der Waals surface area contributed by atoms with Crippen LogP contribution in [0.15, 0.2) is 36.4 Å². The largest absolute Gasteiger partial charge is 0.491 e. The van der Waals surface area contributed by atoms with Crippen LogP contribution in [-0.4, -0.2) is 36.9 Å². The van der Waals surface area contributed by atoms with Gasteiger partial charge in [-0.2, -0.15) is 0 Å². The summed E-state index contributed by atoms with van der Waals surface area (Å²) in [5.74, 6) is -3.22. The lowest BCUT2D eigenvalue weighted by Crippen LogP contribution is -2.52. The lowest BCUT2D eigenvalue weighted by atomic mass is 9.75. The molecule has 0 bridgehead atoms. The lowest BCUT2D eigenvalue weighted by molar-refractivity contribution is -0.122. The van der Waals surface area contributed by atoms with Crippen LogP contribution in [0.2, 0.25) is 0 Å². The molecule has 0 aromatic heterocycles. The number of likely N-dealkylation sites (tertiary alicyclic amines) is 1. The van der Waals surface area contributed by atoms with E-state index < -0.39 is 28.7 Å². The molecular weight excluding hydrogens is 354 g/mol. The summed E-state index contributed by atoms with van der Waals surface area (Å²) in [6, 6.07) is 9.51. The van der Waals surface area contributed by atoms with Gasteiger partial charge in [-0.05, 0) is 36.6 Å². The van der Waals surface area contributed by atoms with Crippen molar-refractivity contribution in [2.75, 3.05) is 25.5 Å². The number of piperidine rings is 1. The van der Waals surface area contributed by atoms with E-state index in [0.717, 1.165) is 30.5 Å². The number of amides is 2. The van der Waals surface area contributed by atoms with E-state index in [1.165, 1.54) is 4.90 Å². The van der Waals surface area contributed by atoms with E-state index in [2.05, 4.69) is 5.32 Å². The molecule has 7 heteroatoms. The second-order valence-corrected chi connectivity index (χ2v) is 6.85. The molecule has 1 atom stereocenters. The molecule has 1 unspecified atom stereocenters. The highest BCUT2D eigenvalue weighted by atomic mass is 19.1. The third-order valence-corrected chi connectivity index (χ3v) is 5.39.